The van der Waals surface area contributed by atoms with E-state index < -0.39 is 0 Å². The van der Waals surface area contributed by atoms with Crippen LogP contribution in [0.25, 0.3) is 0 Å². The number of aryl methyl sites for hydroxylation is 2. The number of hydrogen-bond donors (Lipinski definition) is 2. The molecule has 0 aromatic heterocycles. The van der Waals surface area contributed by atoms with Gasteiger partial charge in [0, 0.05) is 0 Å². The predicted molar refractivity (Wildman–Crippen MR) is 86.7 cm³/mol. The van der Waals surface area contributed by atoms with E-state index in [-0.39, 0.29) is 12.1 Å². The molecule has 2 nitrogen and oxygen atoms in total. The molecule has 2 N–H and O–H groups in total. The van der Waals surface area contributed by atoms with Crippen molar-refractivity contribution in [1.82, 2.24) is 10.6 Å². The summed E-state index contributed by atoms with van der Waals surface area (Å²) in [6.45, 7) is 4.21. The Morgan fingerprint density at radius 1 is 0.700 bits per heavy atom. The minimum Gasteiger partial charge on any atom is -0.353 e. The third-order valence-corrected chi connectivity index (χ3v) is 4.02. The SMILES string of the molecule is Cc1ccc(C2NC(=S)NC2c2ccc(C)cc2)cc1. The second-order valence-electron chi connectivity index (χ2n) is 5.39. The van der Waals surface area contributed by atoms with E-state index in [9.17, 15) is 0 Å². The van der Waals surface area contributed by atoms with Crippen molar-refractivity contribution in [1.29, 1.82) is 0 Å². The average Bonchev–Trinajstić information content (AvgIpc) is 2.82. The highest BCUT2D eigenvalue weighted by Crippen LogP contribution is 2.32. The Bertz CT molecular complexity index is 561. The molecule has 0 aliphatic carbocycles. The molecule has 2 aromatic carbocycles. The van der Waals surface area contributed by atoms with Gasteiger partial charge < -0.3 is 10.6 Å². The van der Waals surface area contributed by atoms with Gasteiger partial charge in [-0.2, -0.15) is 0 Å². The van der Waals surface area contributed by atoms with Crippen LogP contribution in [0.4, 0.5) is 0 Å². The third-order valence-electron chi connectivity index (χ3n) is 3.78. The fourth-order valence-electron chi connectivity index (χ4n) is 2.59. The highest BCUT2D eigenvalue weighted by atomic mass is 32.1. The lowest BCUT2D eigenvalue weighted by Crippen LogP contribution is -2.21. The highest BCUT2D eigenvalue weighted by Gasteiger charge is 2.31. The summed E-state index contributed by atoms with van der Waals surface area (Å²) < 4.78 is 0. The smallest absolute Gasteiger partial charge is 0.167 e. The second-order valence-corrected chi connectivity index (χ2v) is 5.80. The molecule has 3 rings (SSSR count). The number of rotatable bonds is 2. The average molecular weight is 282 g/mol. The van der Waals surface area contributed by atoms with Crippen molar-refractivity contribution in [2.45, 2.75) is 25.9 Å². The lowest BCUT2D eigenvalue weighted by molar-refractivity contribution is 0.553. The van der Waals surface area contributed by atoms with Crippen molar-refractivity contribution >= 4 is 17.3 Å². The predicted octanol–water partition coefficient (Wildman–Crippen LogP) is 3.56. The zero-order valence-electron chi connectivity index (χ0n) is 11.7. The summed E-state index contributed by atoms with van der Waals surface area (Å²) in [7, 11) is 0. The quantitative estimate of drug-likeness (QED) is 0.824. The number of benzene rings is 2. The van der Waals surface area contributed by atoms with Crippen LogP contribution in [0.15, 0.2) is 48.5 Å². The second kappa shape index (κ2) is 5.25. The molecule has 0 saturated carbocycles. The first-order chi connectivity index (χ1) is 9.63. The van der Waals surface area contributed by atoms with Crippen molar-refractivity contribution in [3.05, 3.63) is 70.8 Å². The van der Waals surface area contributed by atoms with Gasteiger partial charge in [0.2, 0.25) is 0 Å². The van der Waals surface area contributed by atoms with Gasteiger partial charge in [-0.05, 0) is 37.2 Å². The minimum atomic E-state index is 0.186. The number of thiocarbonyl (C=S) groups is 1. The molecule has 0 bridgehead atoms. The molecule has 3 heteroatoms. The van der Waals surface area contributed by atoms with Crippen molar-refractivity contribution < 1.29 is 0 Å². The van der Waals surface area contributed by atoms with Gasteiger partial charge in [0.05, 0.1) is 12.1 Å². The van der Waals surface area contributed by atoms with Gasteiger partial charge in [-0.3, -0.25) is 0 Å². The summed E-state index contributed by atoms with van der Waals surface area (Å²) in [5.41, 5.74) is 5.06. The summed E-state index contributed by atoms with van der Waals surface area (Å²) in [4.78, 5) is 0. The van der Waals surface area contributed by atoms with Crippen LogP contribution in [-0.4, -0.2) is 5.11 Å². The van der Waals surface area contributed by atoms with Crippen LogP contribution in [0.2, 0.25) is 0 Å². The fourth-order valence-corrected chi connectivity index (χ4v) is 2.84. The summed E-state index contributed by atoms with van der Waals surface area (Å²) >= 11 is 5.30. The van der Waals surface area contributed by atoms with E-state index in [4.69, 9.17) is 12.2 Å². The maximum atomic E-state index is 5.30. The van der Waals surface area contributed by atoms with Crippen LogP contribution in [-0.2, 0) is 0 Å². The largest absolute Gasteiger partial charge is 0.353 e. The molecule has 0 radical (unpaired) electrons. The Balaban J connectivity index is 1.94. The third kappa shape index (κ3) is 2.54. The molecule has 2 unspecified atom stereocenters. The molecule has 1 heterocycles. The monoisotopic (exact) mass is 282 g/mol. The first-order valence-corrected chi connectivity index (χ1v) is 7.24. The maximum absolute atomic E-state index is 5.30. The Morgan fingerprint density at radius 3 is 1.40 bits per heavy atom. The van der Waals surface area contributed by atoms with E-state index in [1.165, 1.54) is 22.3 Å². The van der Waals surface area contributed by atoms with Gasteiger partial charge in [-0.15, -0.1) is 0 Å². The van der Waals surface area contributed by atoms with Crippen LogP contribution < -0.4 is 10.6 Å². The molecular weight excluding hydrogens is 264 g/mol. The van der Waals surface area contributed by atoms with Crippen molar-refractivity contribution in [3.8, 4) is 0 Å². The van der Waals surface area contributed by atoms with E-state index in [0.29, 0.717) is 0 Å². The molecule has 0 amide bonds. The van der Waals surface area contributed by atoms with Gasteiger partial charge in [0.25, 0.3) is 0 Å². The Morgan fingerprint density at radius 2 is 1.05 bits per heavy atom. The van der Waals surface area contributed by atoms with Crippen LogP contribution in [0, 0.1) is 13.8 Å². The first-order valence-electron chi connectivity index (χ1n) is 6.83. The Hall–Kier alpha value is -1.87. The van der Waals surface area contributed by atoms with Crippen molar-refractivity contribution in [2.75, 3.05) is 0 Å². The lowest BCUT2D eigenvalue weighted by atomic mass is 9.94. The van der Waals surface area contributed by atoms with E-state index in [1.54, 1.807) is 0 Å². The maximum Gasteiger partial charge on any atom is 0.167 e. The van der Waals surface area contributed by atoms with Gasteiger partial charge in [-0.25, -0.2) is 0 Å². The summed E-state index contributed by atoms with van der Waals surface area (Å²) in [6, 6.07) is 17.6. The summed E-state index contributed by atoms with van der Waals surface area (Å²) in [6.07, 6.45) is 0. The van der Waals surface area contributed by atoms with Gasteiger partial charge in [0.1, 0.15) is 0 Å². The molecule has 2 atom stereocenters. The zero-order chi connectivity index (χ0) is 14.1. The Kier molecular flexibility index (Phi) is 3.45. The van der Waals surface area contributed by atoms with E-state index >= 15 is 0 Å². The summed E-state index contributed by atoms with van der Waals surface area (Å²) in [5, 5.41) is 7.47. The molecular formula is C17H18N2S. The van der Waals surface area contributed by atoms with Gasteiger partial charge >= 0.3 is 0 Å². The van der Waals surface area contributed by atoms with Crippen LogP contribution in [0.3, 0.4) is 0 Å². The molecule has 102 valence electrons. The molecule has 1 fully saturated rings. The fraction of sp³-hybridized carbons (Fsp3) is 0.235. The molecule has 1 saturated heterocycles. The van der Waals surface area contributed by atoms with Gasteiger partial charge in [0.15, 0.2) is 5.11 Å². The molecule has 2 aromatic rings. The lowest BCUT2D eigenvalue weighted by Gasteiger charge is -2.20. The van der Waals surface area contributed by atoms with Crippen LogP contribution >= 0.6 is 12.2 Å². The Labute approximate surface area is 125 Å². The minimum absolute atomic E-state index is 0.186. The highest BCUT2D eigenvalue weighted by molar-refractivity contribution is 7.80. The standard InChI is InChI=1S/C17H18N2S/c1-11-3-7-13(8-4-11)15-16(19-17(20)18-15)14-9-5-12(2)6-10-14/h3-10,15-16H,1-2H3,(H2,18,19,20). The van der Waals surface area contributed by atoms with Crippen molar-refractivity contribution in [2.24, 2.45) is 0 Å². The number of nitrogens with one attached hydrogen (secondary N) is 2. The first kappa shape index (κ1) is 13.1. The molecule has 20 heavy (non-hydrogen) atoms. The van der Waals surface area contributed by atoms with Crippen LogP contribution in [0.1, 0.15) is 34.3 Å². The number of hydrogen-bond acceptors (Lipinski definition) is 1. The molecule has 1 aliphatic rings. The summed E-state index contributed by atoms with van der Waals surface area (Å²) in [5.74, 6) is 0. The van der Waals surface area contributed by atoms with Gasteiger partial charge in [-0.1, -0.05) is 59.7 Å². The van der Waals surface area contributed by atoms with E-state index in [1.807, 2.05) is 0 Å². The van der Waals surface area contributed by atoms with E-state index in [0.717, 1.165) is 5.11 Å². The molecule has 1 aliphatic heterocycles. The molecule has 0 spiro atoms. The normalized spacial score (nSPS) is 21.4. The van der Waals surface area contributed by atoms with E-state index in [2.05, 4.69) is 73.0 Å². The topological polar surface area (TPSA) is 24.1 Å². The van der Waals surface area contributed by atoms with Crippen molar-refractivity contribution in [3.63, 3.8) is 0 Å². The van der Waals surface area contributed by atoms with Crippen LogP contribution in [0.5, 0.6) is 0 Å². The zero-order valence-corrected chi connectivity index (χ0v) is 12.5.